The molecule has 2 atom stereocenters. The van der Waals surface area contributed by atoms with Crippen LogP contribution in [0.3, 0.4) is 0 Å². The zero-order valence-electron chi connectivity index (χ0n) is 45.5. The van der Waals surface area contributed by atoms with Gasteiger partial charge in [0.1, 0.15) is 28.7 Å². The van der Waals surface area contributed by atoms with Crippen molar-refractivity contribution in [1.29, 1.82) is 0 Å². The number of ether oxygens (including phenoxy) is 1. The van der Waals surface area contributed by atoms with Gasteiger partial charge < -0.3 is 9.64 Å². The number of fused-ring (bicyclic) bond motifs is 5. The van der Waals surface area contributed by atoms with Gasteiger partial charge in [-0.25, -0.2) is 4.98 Å². The van der Waals surface area contributed by atoms with Crippen LogP contribution in [-0.2, 0) is 22.8 Å². The van der Waals surface area contributed by atoms with E-state index in [1.807, 2.05) is 6.20 Å². The maximum absolute atomic E-state index is 7.36. The topological polar surface area (TPSA) is 41.0 Å². The summed E-state index contributed by atoms with van der Waals surface area (Å²) in [5, 5.41) is 0. The standard InChI is InChI=1S/C66H74N4O/c1-38(2)51-21-20-22-52(39(3)4)60(51)46-32-47(62-68-66(17)54-27-25-40(5)43(8)53(54)37-65(66,16)70(62)61-44(9)41(6)31-42(7)45(61)10)34-50(33-46)71-49-26-28-56-58(36-49)69(57-24-19-18-23-55(57)64(56,14)15)59-35-48(29-30-67-59)63(11,12)13/h18-36,38-39H,37H2,1-17H3/t65-,66+/m0/s1. The second-order valence-electron chi connectivity index (χ2n) is 23.7. The summed E-state index contributed by atoms with van der Waals surface area (Å²) < 4.78 is 7.36. The van der Waals surface area contributed by atoms with Crippen LogP contribution in [0.25, 0.3) is 11.1 Å². The zero-order valence-corrected chi connectivity index (χ0v) is 45.5. The number of aromatic nitrogens is 1. The van der Waals surface area contributed by atoms with Crippen LogP contribution in [0.5, 0.6) is 11.5 Å². The largest absolute Gasteiger partial charge is 0.457 e. The molecule has 5 heteroatoms. The van der Waals surface area contributed by atoms with Crippen LogP contribution in [0.4, 0.5) is 22.9 Å². The quantitative estimate of drug-likeness (QED) is 0.152. The number of nitrogens with zero attached hydrogens (tertiary/aromatic N) is 4. The highest BCUT2D eigenvalue weighted by Crippen LogP contribution is 2.58. The average Bonchev–Trinajstić information content (AvgIpc) is 3.69. The SMILES string of the molecule is Cc1ccc2c(c1C)C[C@]1(C)N(c3c(C)c(C)cc(C)c3C)C(c3cc(Oc4ccc5c(c4)N(c4cc(C(C)(C)C)ccn4)c4ccccc4C5(C)C)cc(-c4c(C(C)C)cccc4C(C)C)c3)=N[C@]21C. The predicted molar refractivity (Wildman–Crippen MR) is 300 cm³/mol. The van der Waals surface area contributed by atoms with E-state index in [-0.39, 0.29) is 10.8 Å². The first-order chi connectivity index (χ1) is 33.5. The summed E-state index contributed by atoms with van der Waals surface area (Å²) in [4.78, 5) is 16.1. The molecule has 2 aliphatic heterocycles. The Balaban J connectivity index is 1.22. The third-order valence-electron chi connectivity index (χ3n) is 17.2. The molecule has 5 nitrogen and oxygen atoms in total. The minimum absolute atomic E-state index is 0.0456. The molecule has 0 N–H and O–H groups in total. The molecule has 0 bridgehead atoms. The van der Waals surface area contributed by atoms with Crippen LogP contribution in [0, 0.1) is 41.5 Å². The number of amidine groups is 1. The fourth-order valence-electron chi connectivity index (χ4n) is 12.4. The summed E-state index contributed by atoms with van der Waals surface area (Å²) in [6, 6.07) is 40.7. The normalized spacial score (nSPS) is 18.9. The highest BCUT2D eigenvalue weighted by Gasteiger charge is 2.61. The Bertz CT molecular complexity index is 3290. The number of rotatable bonds is 8. The van der Waals surface area contributed by atoms with E-state index in [1.54, 1.807) is 0 Å². The highest BCUT2D eigenvalue weighted by molar-refractivity contribution is 6.15. The van der Waals surface area contributed by atoms with Crippen molar-refractivity contribution in [2.45, 2.75) is 158 Å². The number of pyridine rings is 1. The second kappa shape index (κ2) is 16.8. The first-order valence-electron chi connectivity index (χ1n) is 26.0. The molecule has 0 fully saturated rings. The number of hydrogen-bond acceptors (Lipinski definition) is 5. The van der Waals surface area contributed by atoms with E-state index in [4.69, 9.17) is 14.7 Å². The molecule has 0 saturated heterocycles. The number of aliphatic imine (C=N–C) groups is 1. The average molecular weight is 939 g/mol. The first kappa shape index (κ1) is 48.2. The summed E-state index contributed by atoms with van der Waals surface area (Å²) in [7, 11) is 0. The van der Waals surface area contributed by atoms with E-state index in [0.717, 1.165) is 52.1 Å². The Morgan fingerprint density at radius 3 is 1.89 bits per heavy atom. The van der Waals surface area contributed by atoms with Gasteiger partial charge in [-0.2, -0.15) is 0 Å². The Morgan fingerprint density at radius 2 is 1.23 bits per heavy atom. The molecule has 3 aliphatic rings. The lowest BCUT2D eigenvalue weighted by Crippen LogP contribution is -2.54. The van der Waals surface area contributed by atoms with Crippen molar-refractivity contribution in [3.8, 4) is 22.6 Å². The van der Waals surface area contributed by atoms with E-state index in [2.05, 4.69) is 237 Å². The smallest absolute Gasteiger partial charge is 0.137 e. The Morgan fingerprint density at radius 1 is 0.592 bits per heavy atom. The number of benzene rings is 6. The lowest BCUT2D eigenvalue weighted by atomic mass is 9.73. The minimum Gasteiger partial charge on any atom is -0.457 e. The molecule has 6 aromatic carbocycles. The molecule has 364 valence electrons. The zero-order chi connectivity index (χ0) is 50.9. The monoisotopic (exact) mass is 939 g/mol. The fourth-order valence-corrected chi connectivity index (χ4v) is 12.4. The number of anilines is 4. The third-order valence-corrected chi connectivity index (χ3v) is 17.2. The van der Waals surface area contributed by atoms with Gasteiger partial charge in [-0.3, -0.25) is 9.89 Å². The van der Waals surface area contributed by atoms with Crippen molar-refractivity contribution >= 4 is 28.7 Å². The number of hydrogen-bond donors (Lipinski definition) is 0. The van der Waals surface area contributed by atoms with Crippen molar-refractivity contribution in [1.82, 2.24) is 4.98 Å². The molecular formula is C66H74N4O. The van der Waals surface area contributed by atoms with Gasteiger partial charge in [-0.15, -0.1) is 0 Å². The molecule has 0 saturated carbocycles. The summed E-state index contributed by atoms with van der Waals surface area (Å²) >= 11 is 0. The minimum atomic E-state index is -0.522. The van der Waals surface area contributed by atoms with Crippen LogP contribution in [0.15, 0.2) is 120 Å². The summed E-state index contributed by atoms with van der Waals surface area (Å²) in [6.07, 6.45) is 2.85. The van der Waals surface area contributed by atoms with Gasteiger partial charge >= 0.3 is 0 Å². The Labute approximate surface area is 425 Å². The van der Waals surface area contributed by atoms with Gasteiger partial charge in [-0.05, 0) is 205 Å². The van der Waals surface area contributed by atoms with Crippen molar-refractivity contribution in [3.05, 3.63) is 193 Å². The van der Waals surface area contributed by atoms with Crippen LogP contribution < -0.4 is 14.5 Å². The second-order valence-corrected chi connectivity index (χ2v) is 23.7. The maximum Gasteiger partial charge on any atom is 0.137 e. The molecule has 0 radical (unpaired) electrons. The van der Waals surface area contributed by atoms with Crippen LogP contribution in [-0.4, -0.2) is 16.4 Å². The molecule has 0 amide bonds. The summed E-state index contributed by atoms with van der Waals surface area (Å²) in [5.41, 5.74) is 22.7. The molecule has 10 rings (SSSR count). The van der Waals surface area contributed by atoms with Gasteiger partial charge in [0.15, 0.2) is 0 Å². The number of para-hydroxylation sites is 1. The summed E-state index contributed by atoms with van der Waals surface area (Å²) in [5.74, 6) is 4.03. The van der Waals surface area contributed by atoms with Gasteiger partial charge in [0.25, 0.3) is 0 Å². The Hall–Kier alpha value is -6.46. The van der Waals surface area contributed by atoms with Crippen LogP contribution >= 0.6 is 0 Å². The first-order valence-corrected chi connectivity index (χ1v) is 26.0. The van der Waals surface area contributed by atoms with Gasteiger partial charge in [0.05, 0.1) is 16.9 Å². The van der Waals surface area contributed by atoms with Gasteiger partial charge in [0, 0.05) is 28.9 Å². The van der Waals surface area contributed by atoms with E-state index >= 15 is 0 Å². The number of aryl methyl sites for hydroxylation is 3. The lowest BCUT2D eigenvalue weighted by molar-refractivity contribution is 0.321. The molecule has 1 aliphatic carbocycles. The van der Waals surface area contributed by atoms with E-state index in [9.17, 15) is 0 Å². The van der Waals surface area contributed by atoms with Crippen molar-refractivity contribution in [3.63, 3.8) is 0 Å². The van der Waals surface area contributed by atoms with E-state index in [0.29, 0.717) is 11.8 Å². The third kappa shape index (κ3) is 7.47. The maximum atomic E-state index is 7.36. The Kier molecular flexibility index (Phi) is 11.4. The lowest BCUT2D eigenvalue weighted by Gasteiger charge is -2.43. The van der Waals surface area contributed by atoms with Crippen LogP contribution in [0.2, 0.25) is 0 Å². The summed E-state index contributed by atoms with van der Waals surface area (Å²) in [6.45, 7) is 39.2. The molecule has 0 unspecified atom stereocenters. The van der Waals surface area contributed by atoms with Crippen molar-refractivity contribution in [2.24, 2.45) is 4.99 Å². The predicted octanol–water partition coefficient (Wildman–Crippen LogP) is 17.5. The van der Waals surface area contributed by atoms with E-state index in [1.165, 1.54) is 83.6 Å². The molecule has 3 heterocycles. The highest BCUT2D eigenvalue weighted by atomic mass is 16.5. The fraction of sp³-hybridized carbons (Fsp3) is 0.364. The van der Waals surface area contributed by atoms with Gasteiger partial charge in [0.2, 0.25) is 0 Å². The molecular weight excluding hydrogens is 865 g/mol. The van der Waals surface area contributed by atoms with Crippen molar-refractivity contribution < 1.29 is 4.74 Å². The molecule has 0 spiro atoms. The molecule has 71 heavy (non-hydrogen) atoms. The molecule has 7 aromatic rings. The van der Waals surface area contributed by atoms with Crippen LogP contribution in [0.1, 0.15) is 166 Å². The van der Waals surface area contributed by atoms with E-state index < -0.39 is 11.1 Å². The van der Waals surface area contributed by atoms with Crippen molar-refractivity contribution in [2.75, 3.05) is 9.80 Å². The molecule has 1 aromatic heterocycles. The van der Waals surface area contributed by atoms with Gasteiger partial charge in [-0.1, -0.05) is 123 Å².